The van der Waals surface area contributed by atoms with Gasteiger partial charge in [0.05, 0.1) is 14.6 Å². The van der Waals surface area contributed by atoms with Crippen molar-refractivity contribution in [2.45, 2.75) is 113 Å². The van der Waals surface area contributed by atoms with E-state index in [1.807, 2.05) is 141 Å². The Morgan fingerprint density at radius 1 is 0.500 bits per heavy atom. The van der Waals surface area contributed by atoms with E-state index in [2.05, 4.69) is 118 Å². The number of aliphatic carboxylic acids is 1. The maximum absolute atomic E-state index is 11.7. The summed E-state index contributed by atoms with van der Waals surface area (Å²) in [5.41, 5.74) is 12.5. The molecule has 0 radical (unpaired) electrons. The van der Waals surface area contributed by atoms with Crippen LogP contribution in [0.5, 0.6) is 0 Å². The lowest BCUT2D eigenvalue weighted by Crippen LogP contribution is -2.43. The van der Waals surface area contributed by atoms with E-state index in [-0.39, 0.29) is 0 Å². The zero-order valence-corrected chi connectivity index (χ0v) is 60.7. The fourth-order valence-electron chi connectivity index (χ4n) is 7.59. The Kier molecular flexibility index (Phi) is 31.3. The number of carbonyl (C=O) groups is 4. The minimum Gasteiger partial charge on any atom is -0.480 e. The highest BCUT2D eigenvalue weighted by Crippen LogP contribution is 2.33. The molecule has 6 heterocycles. The Balaban J connectivity index is 0.000000230. The predicted octanol–water partition coefficient (Wildman–Crippen LogP) is 13.7. The third kappa shape index (κ3) is 30.6. The highest BCUT2D eigenvalue weighted by Gasteiger charge is 2.26. The average molecular weight is 1420 g/mol. The lowest BCUT2D eigenvalue weighted by Gasteiger charge is -2.26. The molecular weight excluding hydrogens is 1330 g/mol. The number of amides is 3. The fourth-order valence-corrected chi connectivity index (χ4v) is 10.3. The van der Waals surface area contributed by atoms with Gasteiger partial charge in [-0.3, -0.25) is 4.90 Å². The van der Waals surface area contributed by atoms with Crippen molar-refractivity contribution >= 4 is 114 Å². The second-order valence-electron chi connectivity index (χ2n) is 24.0. The first-order valence-corrected chi connectivity index (χ1v) is 33.7. The number of thiazole rings is 3. The van der Waals surface area contributed by atoms with Gasteiger partial charge in [0.1, 0.15) is 74.6 Å². The maximum atomic E-state index is 11.7. The molecule has 0 aliphatic carbocycles. The topological polar surface area (TPSA) is 372 Å². The summed E-state index contributed by atoms with van der Waals surface area (Å²) in [5.74, 6) is 4.32. The van der Waals surface area contributed by atoms with E-state index < -0.39 is 47.1 Å². The number of carboxylic acids is 1. The number of benzene rings is 3. The molecule has 0 spiro atoms. The Hall–Kier alpha value is -9.72. The van der Waals surface area contributed by atoms with Crippen LogP contribution in [0.4, 0.5) is 58.9 Å². The number of carboxylic acid groups (broad SMARTS) is 1. The molecule has 9 rings (SSSR count). The Morgan fingerprint density at radius 3 is 1.18 bits per heavy atom. The van der Waals surface area contributed by atoms with Crippen LogP contribution in [0.1, 0.15) is 86.7 Å². The van der Waals surface area contributed by atoms with Crippen molar-refractivity contribution in [1.29, 1.82) is 0 Å². The number of hydrogen-bond acceptors (Lipinski definition) is 26. The van der Waals surface area contributed by atoms with Gasteiger partial charge < -0.3 is 68.0 Å². The van der Waals surface area contributed by atoms with Crippen molar-refractivity contribution in [1.82, 2.24) is 60.4 Å². The summed E-state index contributed by atoms with van der Waals surface area (Å²) < 4.78 is 15.1. The van der Waals surface area contributed by atoms with Gasteiger partial charge in [-0.25, -0.2) is 64.0 Å². The number of carbonyl (C=O) groups excluding carboxylic acids is 3. The molecule has 6 aromatic heterocycles. The Bertz CT molecular complexity index is 3900. The lowest BCUT2D eigenvalue weighted by atomic mass is 10.2. The van der Waals surface area contributed by atoms with Gasteiger partial charge in [0.2, 0.25) is 0 Å². The first-order chi connectivity index (χ1) is 46.3. The number of nitrogens with two attached hydrogens (primary N) is 2. The summed E-state index contributed by atoms with van der Waals surface area (Å²) in [6.45, 7) is 26.0. The van der Waals surface area contributed by atoms with E-state index in [4.69, 9.17) is 42.4 Å². The molecular formula is C67H88ClN19O8S3. The summed E-state index contributed by atoms with van der Waals surface area (Å²) in [5, 5.41) is 32.6. The molecule has 1 atom stereocenters. The Morgan fingerprint density at radius 2 is 0.837 bits per heavy atom. The Labute approximate surface area is 588 Å². The third-order valence-corrected chi connectivity index (χ3v) is 14.9. The molecule has 3 aromatic carbocycles. The smallest absolute Gasteiger partial charge is 0.410 e. The van der Waals surface area contributed by atoms with Crippen molar-refractivity contribution in [2.75, 3.05) is 72.9 Å². The van der Waals surface area contributed by atoms with Gasteiger partial charge in [0.15, 0.2) is 15.4 Å². The van der Waals surface area contributed by atoms with Crippen LogP contribution >= 0.6 is 45.6 Å². The average Bonchev–Trinajstić information content (AvgIpc) is 1.75. The number of alkyl carbamates (subject to hydrolysis) is 2. The number of likely N-dealkylation sites (N-methyl/N-ethyl adjacent to an activating group) is 1. The van der Waals surface area contributed by atoms with Gasteiger partial charge in [-0.05, 0) is 107 Å². The molecule has 0 saturated carbocycles. The number of nitrogens with one attached hydrogen (secondary N) is 7. The molecule has 98 heavy (non-hydrogen) atoms. The van der Waals surface area contributed by atoms with Gasteiger partial charge in [-0.2, -0.15) is 0 Å². The fraction of sp³-hybridized carbons (Fsp3) is 0.358. The van der Waals surface area contributed by atoms with E-state index in [0.717, 1.165) is 57.4 Å². The molecule has 31 heteroatoms. The molecule has 524 valence electrons. The molecule has 0 aliphatic heterocycles. The highest BCUT2D eigenvalue weighted by molar-refractivity contribution is 7.19. The van der Waals surface area contributed by atoms with Crippen LogP contribution in [-0.4, -0.2) is 148 Å². The monoisotopic (exact) mass is 1420 g/mol. The number of aromatic nitrogens is 9. The quantitative estimate of drug-likeness (QED) is 0.0192. The molecule has 9 aromatic rings. The van der Waals surface area contributed by atoms with Gasteiger partial charge in [0, 0.05) is 83.1 Å². The van der Waals surface area contributed by atoms with Gasteiger partial charge in [-0.15, -0.1) is 0 Å². The van der Waals surface area contributed by atoms with Crippen molar-refractivity contribution in [3.05, 3.63) is 150 Å². The van der Waals surface area contributed by atoms with Crippen LogP contribution in [0.3, 0.4) is 0 Å². The van der Waals surface area contributed by atoms with Crippen LogP contribution in [0.15, 0.2) is 128 Å². The first-order valence-electron chi connectivity index (χ1n) is 30.9. The van der Waals surface area contributed by atoms with Gasteiger partial charge >= 0.3 is 24.2 Å². The second kappa shape index (κ2) is 38.9. The van der Waals surface area contributed by atoms with E-state index in [1.54, 1.807) is 67.8 Å². The summed E-state index contributed by atoms with van der Waals surface area (Å²) >= 11 is 10.6. The van der Waals surface area contributed by atoms with Crippen LogP contribution in [-0.2, 0) is 19.0 Å². The van der Waals surface area contributed by atoms with E-state index in [0.29, 0.717) is 85.2 Å². The second-order valence-corrected chi connectivity index (χ2v) is 27.4. The summed E-state index contributed by atoms with van der Waals surface area (Å²) in [6, 6.07) is 34.9. The van der Waals surface area contributed by atoms with Crippen molar-refractivity contribution in [3.63, 3.8) is 0 Å². The number of aryl methyl sites for hydroxylation is 3. The van der Waals surface area contributed by atoms with Crippen LogP contribution in [0.2, 0.25) is 5.15 Å². The molecule has 0 saturated heterocycles. The van der Waals surface area contributed by atoms with E-state index >= 15 is 0 Å². The normalized spacial score (nSPS) is 11.1. The van der Waals surface area contributed by atoms with Gasteiger partial charge in [0.25, 0.3) is 0 Å². The van der Waals surface area contributed by atoms with Crippen molar-refractivity contribution in [3.8, 4) is 31.3 Å². The number of ether oxygens (including phenoxy) is 3. The zero-order valence-electron chi connectivity index (χ0n) is 57.5. The van der Waals surface area contributed by atoms with Gasteiger partial charge in [-0.1, -0.05) is 137 Å². The predicted molar refractivity (Wildman–Crippen MR) is 392 cm³/mol. The standard InChI is InChI=1S/C21H26N6O2S.C16H18N6S.C14H11ClN4S.C9H17NO4.C7H16N2O2/c1-14-25-17(22-10-11-23-20(28)29-21(2,3)4)12-18(26-14)27-19-24-13-16(30-19)15-8-6-5-7-9-15;1-11-20-14(18-8-7-17)9-15(21-11)22-16-19-10-13(23-16)12-5-3-2-4-6-12;1-9-17-12(15)7-13(18-9)19-14-16-8-11(20-14)10-5-3-2-4-6-10;1-6(7(11)12)10(5)8(13)14-9(2,3)4;1-7(2,3)11-6(10)9-5-4-8/h5-9,12-13H,10-11H2,1-4H3,(H,23,28)(H2,22,24,25,26,27);2-6,9-10H,7-8,17H2,1H3,(H2,18,19,20,21,22);2-8H,1H3,(H,16,17,18,19);6H,1-5H3,(H,11,12);4-5,8H2,1-3H3,(H,9,10)/t;;;6-;/m...0./s1. The van der Waals surface area contributed by atoms with Crippen LogP contribution in [0, 0.1) is 20.8 Å². The number of hydrogen-bond donors (Lipinski definition) is 10. The summed E-state index contributed by atoms with van der Waals surface area (Å²) in [6.07, 6.45) is 4.07. The molecule has 0 unspecified atom stereocenters. The van der Waals surface area contributed by atoms with Crippen molar-refractivity contribution in [2.24, 2.45) is 11.5 Å². The first kappa shape index (κ1) is 79.0. The molecule has 3 amide bonds. The zero-order chi connectivity index (χ0) is 72.0. The van der Waals surface area contributed by atoms with Crippen LogP contribution in [0.25, 0.3) is 31.3 Å². The number of halogens is 1. The molecule has 0 fully saturated rings. The number of anilines is 8. The molecule has 0 bridgehead atoms. The highest BCUT2D eigenvalue weighted by atomic mass is 35.5. The lowest BCUT2D eigenvalue weighted by molar-refractivity contribution is -0.142. The SMILES string of the molecule is CC(C)(C)OC(=O)NCCN.C[C@@H](C(=O)O)N(C)C(=O)OC(C)(C)C.Cc1nc(Cl)cc(Nc2ncc(-c3ccccc3)s2)n1.Cc1nc(NCCN)cc(Nc2ncc(-c3ccccc3)s2)n1.Cc1nc(NCCNC(=O)OC(C)(C)C)cc(Nc2ncc(-c3ccccc3)s2)n1. The maximum Gasteiger partial charge on any atom is 0.410 e. The third-order valence-electron chi connectivity index (χ3n) is 11.9. The van der Waals surface area contributed by atoms with E-state index in [9.17, 15) is 19.2 Å². The minimum atomic E-state index is -1.06. The largest absolute Gasteiger partial charge is 0.480 e. The number of nitrogens with zero attached hydrogens (tertiary/aromatic N) is 10. The van der Waals surface area contributed by atoms with E-state index in [1.165, 1.54) is 14.0 Å². The molecule has 0 aliphatic rings. The van der Waals surface area contributed by atoms with Crippen LogP contribution < -0.4 is 48.7 Å². The summed E-state index contributed by atoms with van der Waals surface area (Å²) in [4.78, 5) is 87.8. The number of rotatable bonds is 20. The molecule has 27 nitrogen and oxygen atoms in total. The molecule has 12 N–H and O–H groups in total. The van der Waals surface area contributed by atoms with Crippen molar-refractivity contribution < 1.29 is 38.5 Å². The summed E-state index contributed by atoms with van der Waals surface area (Å²) in [7, 11) is 1.40. The minimum absolute atomic E-state index is 0.410.